The molecule has 1 rings (SSSR count). The highest BCUT2D eigenvalue weighted by Crippen LogP contribution is 2.41. The Balaban J connectivity index is 3.30. The molecule has 21 heavy (non-hydrogen) atoms. The average molecular weight is 306 g/mol. The molecule has 0 saturated carbocycles. The van der Waals surface area contributed by atoms with E-state index >= 15 is 0 Å². The second kappa shape index (κ2) is 6.13. The van der Waals surface area contributed by atoms with E-state index in [-0.39, 0.29) is 29.3 Å². The minimum absolute atomic E-state index is 0.206. The van der Waals surface area contributed by atoms with Crippen LogP contribution >= 0.6 is 0 Å². The van der Waals surface area contributed by atoms with E-state index in [4.69, 9.17) is 9.47 Å². The Morgan fingerprint density at radius 3 is 1.57 bits per heavy atom. The van der Waals surface area contributed by atoms with Crippen molar-refractivity contribution < 1.29 is 27.8 Å². The Labute approximate surface area is 122 Å². The van der Waals surface area contributed by atoms with Crippen molar-refractivity contribution in [1.82, 2.24) is 0 Å². The van der Waals surface area contributed by atoms with Crippen LogP contribution in [0.3, 0.4) is 0 Å². The van der Waals surface area contributed by atoms with Crippen molar-refractivity contribution in [3.05, 3.63) is 23.8 Å². The van der Waals surface area contributed by atoms with Crippen molar-refractivity contribution in [2.24, 2.45) is 0 Å². The van der Waals surface area contributed by atoms with Crippen LogP contribution in [-0.4, -0.2) is 23.5 Å². The van der Waals surface area contributed by atoms with Crippen LogP contribution in [0.25, 0.3) is 0 Å². The van der Waals surface area contributed by atoms with Gasteiger partial charge in [-0.2, -0.15) is 13.2 Å². The van der Waals surface area contributed by atoms with Gasteiger partial charge in [0.05, 0.1) is 12.2 Å². The molecule has 1 unspecified atom stereocenters. The van der Waals surface area contributed by atoms with Crippen LogP contribution in [0, 0.1) is 0 Å². The molecule has 0 amide bonds. The standard InChI is InChI=1S/C15H21F3O3/c1-9(2)20-12-6-11(14(5,19)15(16,17)18)7-13(8-12)21-10(3)4/h6-10,19H,1-5H3. The molecule has 0 aliphatic carbocycles. The maximum atomic E-state index is 13.0. The Hall–Kier alpha value is -1.43. The third-order valence-electron chi connectivity index (χ3n) is 2.74. The Bertz CT molecular complexity index is 451. The van der Waals surface area contributed by atoms with Gasteiger partial charge in [-0.25, -0.2) is 0 Å². The van der Waals surface area contributed by atoms with Crippen molar-refractivity contribution >= 4 is 0 Å². The normalized spacial score (nSPS) is 15.2. The van der Waals surface area contributed by atoms with Gasteiger partial charge in [-0.1, -0.05) is 0 Å². The highest BCUT2D eigenvalue weighted by molar-refractivity contribution is 5.41. The zero-order chi connectivity index (χ0) is 16.4. The summed E-state index contributed by atoms with van der Waals surface area (Å²) in [5.41, 5.74) is -3.29. The maximum absolute atomic E-state index is 13.0. The van der Waals surface area contributed by atoms with E-state index in [1.165, 1.54) is 18.2 Å². The van der Waals surface area contributed by atoms with Crippen LogP contribution in [0.15, 0.2) is 18.2 Å². The maximum Gasteiger partial charge on any atom is 0.421 e. The Kier molecular flexibility index (Phi) is 5.15. The van der Waals surface area contributed by atoms with Crippen LogP contribution in [0.1, 0.15) is 40.2 Å². The number of aliphatic hydroxyl groups is 1. The van der Waals surface area contributed by atoms with Crippen LogP contribution in [0.2, 0.25) is 0 Å². The van der Waals surface area contributed by atoms with Gasteiger partial charge in [0.25, 0.3) is 0 Å². The van der Waals surface area contributed by atoms with Gasteiger partial charge in [-0.15, -0.1) is 0 Å². The van der Waals surface area contributed by atoms with E-state index in [2.05, 4.69) is 0 Å². The lowest BCUT2D eigenvalue weighted by Crippen LogP contribution is -2.39. The van der Waals surface area contributed by atoms with Gasteiger partial charge in [-0.05, 0) is 52.3 Å². The summed E-state index contributed by atoms with van der Waals surface area (Å²) in [6.45, 7) is 7.75. The van der Waals surface area contributed by atoms with Crippen molar-refractivity contribution in [3.63, 3.8) is 0 Å². The van der Waals surface area contributed by atoms with Crippen LogP contribution in [0.4, 0.5) is 13.2 Å². The summed E-state index contributed by atoms with van der Waals surface area (Å²) in [4.78, 5) is 0. The molecule has 0 heterocycles. The first kappa shape index (κ1) is 17.6. The third kappa shape index (κ3) is 4.52. The number of alkyl halides is 3. The number of hydrogen-bond donors (Lipinski definition) is 1. The second-order valence-corrected chi connectivity index (χ2v) is 5.60. The molecule has 0 bridgehead atoms. The molecule has 0 aromatic heterocycles. The van der Waals surface area contributed by atoms with Gasteiger partial charge in [0.15, 0.2) is 5.60 Å². The lowest BCUT2D eigenvalue weighted by Gasteiger charge is -2.28. The fourth-order valence-corrected chi connectivity index (χ4v) is 1.70. The highest BCUT2D eigenvalue weighted by atomic mass is 19.4. The third-order valence-corrected chi connectivity index (χ3v) is 2.74. The summed E-state index contributed by atoms with van der Waals surface area (Å²) in [6, 6.07) is 3.87. The lowest BCUT2D eigenvalue weighted by atomic mass is 9.95. The van der Waals surface area contributed by atoms with Gasteiger partial charge in [0.2, 0.25) is 0 Å². The molecule has 0 saturated heterocycles. The van der Waals surface area contributed by atoms with Gasteiger partial charge in [0.1, 0.15) is 11.5 Å². The summed E-state index contributed by atoms with van der Waals surface area (Å²) in [6.07, 6.45) is -5.20. The van der Waals surface area contributed by atoms with E-state index in [0.717, 1.165) is 0 Å². The molecular weight excluding hydrogens is 285 g/mol. The predicted octanol–water partition coefficient (Wildman–Crippen LogP) is 4.03. The van der Waals surface area contributed by atoms with E-state index < -0.39 is 11.8 Å². The predicted molar refractivity (Wildman–Crippen MR) is 73.6 cm³/mol. The van der Waals surface area contributed by atoms with Crippen molar-refractivity contribution in [1.29, 1.82) is 0 Å². The zero-order valence-corrected chi connectivity index (χ0v) is 12.8. The van der Waals surface area contributed by atoms with E-state index in [0.29, 0.717) is 6.92 Å². The quantitative estimate of drug-likeness (QED) is 0.892. The van der Waals surface area contributed by atoms with Crippen molar-refractivity contribution in [3.8, 4) is 11.5 Å². The topological polar surface area (TPSA) is 38.7 Å². The smallest absolute Gasteiger partial charge is 0.421 e. The molecule has 0 fully saturated rings. The fourth-order valence-electron chi connectivity index (χ4n) is 1.70. The molecule has 0 aliphatic heterocycles. The van der Waals surface area contributed by atoms with Gasteiger partial charge in [0, 0.05) is 6.07 Å². The van der Waals surface area contributed by atoms with Gasteiger partial charge in [-0.3, -0.25) is 0 Å². The highest BCUT2D eigenvalue weighted by Gasteiger charge is 2.51. The molecule has 3 nitrogen and oxygen atoms in total. The van der Waals surface area contributed by atoms with Gasteiger partial charge >= 0.3 is 6.18 Å². The van der Waals surface area contributed by atoms with E-state index in [9.17, 15) is 18.3 Å². The summed E-state index contributed by atoms with van der Waals surface area (Å²) in [5.74, 6) is 0.449. The molecule has 1 atom stereocenters. The number of rotatable bonds is 5. The van der Waals surface area contributed by atoms with E-state index in [1.54, 1.807) is 27.7 Å². The molecule has 0 radical (unpaired) electrons. The molecule has 1 aromatic carbocycles. The molecule has 120 valence electrons. The van der Waals surface area contributed by atoms with Crippen LogP contribution < -0.4 is 9.47 Å². The molecule has 0 spiro atoms. The molecule has 1 aromatic rings. The van der Waals surface area contributed by atoms with Crippen LogP contribution in [-0.2, 0) is 5.60 Å². The monoisotopic (exact) mass is 306 g/mol. The Morgan fingerprint density at radius 1 is 0.905 bits per heavy atom. The Morgan fingerprint density at radius 2 is 1.29 bits per heavy atom. The summed E-state index contributed by atoms with van der Waals surface area (Å²) in [5, 5.41) is 9.80. The average Bonchev–Trinajstić information content (AvgIpc) is 2.24. The number of ether oxygens (including phenoxy) is 2. The number of hydrogen-bond acceptors (Lipinski definition) is 3. The molecule has 6 heteroatoms. The SMILES string of the molecule is CC(C)Oc1cc(OC(C)C)cc(C(C)(O)C(F)(F)F)c1. The molecular formula is C15H21F3O3. The van der Waals surface area contributed by atoms with Crippen molar-refractivity contribution in [2.75, 3.05) is 0 Å². The first-order chi connectivity index (χ1) is 9.43. The fraction of sp³-hybridized carbons (Fsp3) is 0.600. The summed E-state index contributed by atoms with van der Waals surface area (Å²) in [7, 11) is 0. The largest absolute Gasteiger partial charge is 0.491 e. The lowest BCUT2D eigenvalue weighted by molar-refractivity contribution is -0.258. The van der Waals surface area contributed by atoms with Crippen molar-refractivity contribution in [2.45, 2.75) is 58.6 Å². The minimum Gasteiger partial charge on any atom is -0.491 e. The van der Waals surface area contributed by atoms with Gasteiger partial charge < -0.3 is 14.6 Å². The first-order valence-electron chi connectivity index (χ1n) is 6.71. The summed E-state index contributed by atoms with van der Waals surface area (Å²) >= 11 is 0. The summed E-state index contributed by atoms with van der Waals surface area (Å²) < 4.78 is 49.8. The second-order valence-electron chi connectivity index (χ2n) is 5.60. The zero-order valence-electron chi connectivity index (χ0n) is 12.8. The van der Waals surface area contributed by atoms with Crippen LogP contribution in [0.5, 0.6) is 11.5 Å². The van der Waals surface area contributed by atoms with E-state index in [1.807, 2.05) is 0 Å². The first-order valence-corrected chi connectivity index (χ1v) is 6.71. The minimum atomic E-state index is -4.79. The molecule has 0 aliphatic rings. The number of halogens is 3. The number of benzene rings is 1. The molecule has 1 N–H and O–H groups in total.